The van der Waals surface area contributed by atoms with Crippen molar-refractivity contribution in [2.45, 2.75) is 45.2 Å². The maximum atomic E-state index is 14.3. The van der Waals surface area contributed by atoms with Crippen molar-refractivity contribution in [1.82, 2.24) is 20.1 Å². The number of carbonyl (C=O) groups is 2. The van der Waals surface area contributed by atoms with Gasteiger partial charge >= 0.3 is 6.03 Å². The van der Waals surface area contributed by atoms with E-state index in [0.29, 0.717) is 37.1 Å². The highest BCUT2D eigenvalue weighted by Crippen LogP contribution is 2.34. The van der Waals surface area contributed by atoms with Crippen LogP contribution in [0.2, 0.25) is 0 Å². The number of piperazine rings is 1. The van der Waals surface area contributed by atoms with Gasteiger partial charge in [-0.15, -0.1) is 0 Å². The lowest BCUT2D eigenvalue weighted by atomic mass is 9.92. The van der Waals surface area contributed by atoms with Crippen LogP contribution in [-0.2, 0) is 11.3 Å². The fourth-order valence-corrected chi connectivity index (χ4v) is 6.18. The molecule has 1 aliphatic heterocycles. The molecule has 1 aromatic heterocycles. The van der Waals surface area contributed by atoms with Gasteiger partial charge in [0, 0.05) is 61.4 Å². The van der Waals surface area contributed by atoms with Crippen LogP contribution >= 0.6 is 0 Å². The predicted molar refractivity (Wildman–Crippen MR) is 185 cm³/mol. The van der Waals surface area contributed by atoms with Crippen LogP contribution in [0.5, 0.6) is 5.75 Å². The number of nitrogens with zero attached hydrogens (tertiary/aromatic N) is 3. The van der Waals surface area contributed by atoms with E-state index in [-0.39, 0.29) is 17.9 Å². The zero-order valence-corrected chi connectivity index (χ0v) is 27.4. The van der Waals surface area contributed by atoms with Gasteiger partial charge in [0.2, 0.25) is 5.91 Å². The van der Waals surface area contributed by atoms with Gasteiger partial charge in [-0.05, 0) is 81.2 Å². The van der Waals surface area contributed by atoms with E-state index in [9.17, 15) is 9.59 Å². The summed E-state index contributed by atoms with van der Waals surface area (Å²) in [5.74, 6) is 0.641. The van der Waals surface area contributed by atoms with Gasteiger partial charge in [0.15, 0.2) is 0 Å². The van der Waals surface area contributed by atoms with Crippen LogP contribution in [0, 0.1) is 12.8 Å². The summed E-state index contributed by atoms with van der Waals surface area (Å²) in [7, 11) is 4.04. The van der Waals surface area contributed by atoms with E-state index in [1.165, 1.54) is 18.4 Å². The van der Waals surface area contributed by atoms with Crippen molar-refractivity contribution in [2.75, 3.05) is 57.1 Å². The summed E-state index contributed by atoms with van der Waals surface area (Å²) in [5.41, 5.74) is 6.05. The number of aromatic amines is 1. The molecule has 2 fully saturated rings. The second-order valence-corrected chi connectivity index (χ2v) is 13.1. The maximum absolute atomic E-state index is 14.3. The van der Waals surface area contributed by atoms with E-state index in [2.05, 4.69) is 56.6 Å². The number of hydrogen-bond acceptors (Lipinski definition) is 5. The number of ether oxygens (including phenoxy) is 1. The monoisotopic (exact) mass is 622 g/mol. The second kappa shape index (κ2) is 13.9. The van der Waals surface area contributed by atoms with E-state index in [1.54, 1.807) is 0 Å². The molecule has 1 saturated heterocycles. The van der Waals surface area contributed by atoms with Crippen LogP contribution in [0.3, 0.4) is 0 Å². The SMILES string of the molecule is Cc1ccc(N2CCN(C(=O)N[C@@H](C(=O)Nc3cc(CN(C)C)ccc3OCC3CC3)[C@H](C)c3c[nH]c4ccccc34)CC2)cc1. The quantitative estimate of drug-likeness (QED) is 0.192. The van der Waals surface area contributed by atoms with Gasteiger partial charge in [-0.2, -0.15) is 0 Å². The fraction of sp³-hybridized carbons (Fsp3) is 0.405. The lowest BCUT2D eigenvalue weighted by molar-refractivity contribution is -0.118. The van der Waals surface area contributed by atoms with Crippen molar-refractivity contribution in [3.05, 3.63) is 89.6 Å². The number of fused-ring (bicyclic) bond motifs is 1. The number of urea groups is 1. The number of hydrogen-bond donors (Lipinski definition) is 3. The molecule has 0 bridgehead atoms. The smallest absolute Gasteiger partial charge is 0.318 e. The molecule has 0 spiro atoms. The number of benzene rings is 3. The Morgan fingerprint density at radius 2 is 1.74 bits per heavy atom. The van der Waals surface area contributed by atoms with Gasteiger partial charge < -0.3 is 35.1 Å². The van der Waals surface area contributed by atoms with Gasteiger partial charge in [0.05, 0.1) is 12.3 Å². The molecule has 2 atom stereocenters. The Kier molecular flexibility index (Phi) is 9.49. The van der Waals surface area contributed by atoms with E-state index in [0.717, 1.165) is 47.4 Å². The predicted octanol–water partition coefficient (Wildman–Crippen LogP) is 5.97. The standard InChI is InChI=1S/C37H46N6O3/c1-25-9-14-29(15-10-25)42-17-19-43(20-18-42)37(45)40-35(26(2)31-22-38-32-8-6-5-7-30(31)32)36(44)39-33-21-28(23-41(3)4)13-16-34(33)46-24-27-11-12-27/h5-10,13-16,21-22,26-27,35,38H,11-12,17-20,23-24H2,1-4H3,(H,39,44)(H,40,45)/t26-,35-/m1/s1. The van der Waals surface area contributed by atoms with E-state index in [1.807, 2.05) is 74.6 Å². The largest absolute Gasteiger partial charge is 0.491 e. The molecular weight excluding hydrogens is 576 g/mol. The zero-order valence-electron chi connectivity index (χ0n) is 27.4. The van der Waals surface area contributed by atoms with Crippen molar-refractivity contribution in [1.29, 1.82) is 0 Å². The maximum Gasteiger partial charge on any atom is 0.318 e. The van der Waals surface area contributed by atoms with Crippen LogP contribution in [0.4, 0.5) is 16.2 Å². The molecule has 1 saturated carbocycles. The second-order valence-electron chi connectivity index (χ2n) is 13.1. The molecule has 6 rings (SSSR count). The van der Waals surface area contributed by atoms with Crippen molar-refractivity contribution in [2.24, 2.45) is 5.92 Å². The zero-order chi connectivity index (χ0) is 32.2. The van der Waals surface area contributed by atoms with Crippen LogP contribution < -0.4 is 20.3 Å². The average Bonchev–Trinajstić information content (AvgIpc) is 3.79. The molecule has 3 amide bonds. The molecular formula is C37H46N6O3. The summed E-state index contributed by atoms with van der Waals surface area (Å²) in [6.07, 6.45) is 4.30. The fourth-order valence-electron chi connectivity index (χ4n) is 6.18. The molecule has 9 heteroatoms. The molecule has 0 radical (unpaired) electrons. The summed E-state index contributed by atoms with van der Waals surface area (Å²) in [6, 6.07) is 21.5. The number of aryl methyl sites for hydroxylation is 1. The minimum absolute atomic E-state index is 0.234. The normalized spacial score (nSPS) is 16.4. The number of H-pyrrole nitrogens is 1. The molecule has 1 aliphatic carbocycles. The first kappa shape index (κ1) is 31.5. The van der Waals surface area contributed by atoms with Crippen LogP contribution in [0.1, 0.15) is 42.4 Å². The van der Waals surface area contributed by atoms with Crippen molar-refractivity contribution >= 4 is 34.2 Å². The van der Waals surface area contributed by atoms with Crippen molar-refractivity contribution in [3.8, 4) is 5.75 Å². The third kappa shape index (κ3) is 7.48. The number of rotatable bonds is 11. The van der Waals surface area contributed by atoms with Gasteiger partial charge in [-0.3, -0.25) is 4.79 Å². The Balaban J connectivity index is 1.23. The van der Waals surface area contributed by atoms with Crippen molar-refractivity contribution in [3.63, 3.8) is 0 Å². The number of para-hydroxylation sites is 1. The minimum atomic E-state index is -0.823. The van der Waals surface area contributed by atoms with Crippen LogP contribution in [-0.4, -0.2) is 79.6 Å². The van der Waals surface area contributed by atoms with Crippen LogP contribution in [0.25, 0.3) is 10.9 Å². The molecule has 2 aliphatic rings. The van der Waals surface area contributed by atoms with Gasteiger partial charge in [-0.25, -0.2) is 4.79 Å². The van der Waals surface area contributed by atoms with Crippen molar-refractivity contribution < 1.29 is 14.3 Å². The Morgan fingerprint density at radius 1 is 1.00 bits per heavy atom. The van der Waals surface area contributed by atoms with Crippen LogP contribution in [0.15, 0.2) is 72.9 Å². The van der Waals surface area contributed by atoms with Gasteiger partial charge in [0.1, 0.15) is 11.8 Å². The Labute approximate surface area is 271 Å². The molecule has 9 nitrogen and oxygen atoms in total. The number of amides is 3. The third-order valence-electron chi connectivity index (χ3n) is 9.11. The lowest BCUT2D eigenvalue weighted by Gasteiger charge is -2.37. The third-order valence-corrected chi connectivity index (χ3v) is 9.11. The summed E-state index contributed by atoms with van der Waals surface area (Å²) in [6.45, 7) is 8.05. The first-order valence-electron chi connectivity index (χ1n) is 16.4. The summed E-state index contributed by atoms with van der Waals surface area (Å²) >= 11 is 0. The molecule has 3 aromatic carbocycles. The Hall–Kier alpha value is -4.50. The molecule has 3 N–H and O–H groups in total. The highest BCUT2D eigenvalue weighted by Gasteiger charge is 2.33. The van der Waals surface area contributed by atoms with Gasteiger partial charge in [-0.1, -0.05) is 48.9 Å². The Morgan fingerprint density at radius 3 is 2.46 bits per heavy atom. The molecule has 46 heavy (non-hydrogen) atoms. The minimum Gasteiger partial charge on any atom is -0.491 e. The molecule has 0 unspecified atom stereocenters. The van der Waals surface area contributed by atoms with E-state index in [4.69, 9.17) is 4.74 Å². The van der Waals surface area contributed by atoms with E-state index >= 15 is 0 Å². The summed E-state index contributed by atoms with van der Waals surface area (Å²) in [5, 5.41) is 7.35. The number of aromatic nitrogens is 1. The molecule has 242 valence electrons. The topological polar surface area (TPSA) is 92.9 Å². The number of anilines is 2. The highest BCUT2D eigenvalue weighted by atomic mass is 16.5. The first-order chi connectivity index (χ1) is 22.2. The van der Waals surface area contributed by atoms with Gasteiger partial charge in [0.25, 0.3) is 0 Å². The summed E-state index contributed by atoms with van der Waals surface area (Å²) < 4.78 is 6.19. The first-order valence-corrected chi connectivity index (χ1v) is 16.4. The summed E-state index contributed by atoms with van der Waals surface area (Å²) in [4.78, 5) is 37.6. The highest BCUT2D eigenvalue weighted by molar-refractivity contribution is 5.99. The molecule has 2 heterocycles. The van der Waals surface area contributed by atoms with E-state index < -0.39 is 6.04 Å². The lowest BCUT2D eigenvalue weighted by Crippen LogP contribution is -2.56. The Bertz CT molecular complexity index is 1650. The molecule has 4 aromatic rings. The number of carbonyl (C=O) groups excluding carboxylic acids is 2. The number of nitrogens with one attached hydrogen (secondary N) is 3. The average molecular weight is 623 g/mol.